The maximum absolute atomic E-state index is 5.47. The molecule has 3 heterocycles. The van der Waals surface area contributed by atoms with Gasteiger partial charge in [0, 0.05) is 45.5 Å². The van der Waals surface area contributed by atoms with Crippen molar-refractivity contribution < 1.29 is 4.74 Å². The van der Waals surface area contributed by atoms with Crippen LogP contribution in [0.4, 0.5) is 23.1 Å². The van der Waals surface area contributed by atoms with Gasteiger partial charge in [0.25, 0.3) is 0 Å². The summed E-state index contributed by atoms with van der Waals surface area (Å²) in [5.74, 6) is 1.63. The van der Waals surface area contributed by atoms with Crippen LogP contribution in [0.25, 0.3) is 0 Å². The average Bonchev–Trinajstić information content (AvgIpc) is 2.70. The van der Waals surface area contributed by atoms with Crippen LogP contribution in [-0.2, 0) is 4.74 Å². The van der Waals surface area contributed by atoms with Crippen LogP contribution >= 0.6 is 0 Å². The minimum absolute atomic E-state index is 0.641. The predicted molar refractivity (Wildman–Crippen MR) is 104 cm³/mol. The largest absolute Gasteiger partial charge is 0.378 e. The highest BCUT2D eigenvalue weighted by molar-refractivity contribution is 5.73. The molecule has 26 heavy (non-hydrogen) atoms. The van der Waals surface area contributed by atoms with Crippen molar-refractivity contribution in [3.8, 4) is 0 Å². The molecule has 2 aliphatic heterocycles. The molecule has 1 aromatic heterocycles. The highest BCUT2D eigenvalue weighted by atomic mass is 16.5. The summed E-state index contributed by atoms with van der Waals surface area (Å²) in [7, 11) is 2.16. The lowest BCUT2D eigenvalue weighted by molar-refractivity contribution is 0.123. The lowest BCUT2D eigenvalue weighted by Crippen LogP contribution is -2.44. The second kappa shape index (κ2) is 7.88. The van der Waals surface area contributed by atoms with Gasteiger partial charge in [0.05, 0.1) is 24.6 Å². The molecule has 0 spiro atoms. The van der Waals surface area contributed by atoms with Gasteiger partial charge in [-0.05, 0) is 25.2 Å². The van der Waals surface area contributed by atoms with Crippen molar-refractivity contribution in [1.29, 1.82) is 0 Å². The zero-order valence-corrected chi connectivity index (χ0v) is 15.3. The van der Waals surface area contributed by atoms with Crippen LogP contribution in [0.2, 0.25) is 0 Å². The molecule has 0 atom stereocenters. The van der Waals surface area contributed by atoms with Crippen LogP contribution in [-0.4, -0.2) is 74.4 Å². The summed E-state index contributed by atoms with van der Waals surface area (Å²) >= 11 is 0. The number of para-hydroxylation sites is 2. The molecule has 1 N–H and O–H groups in total. The second-order valence-corrected chi connectivity index (χ2v) is 6.77. The molecule has 138 valence electrons. The Bertz CT molecular complexity index is 725. The molecule has 0 radical (unpaired) electrons. The molecule has 2 aromatic rings. The lowest BCUT2D eigenvalue weighted by atomic mass is 10.2. The first-order chi connectivity index (χ1) is 12.8. The summed E-state index contributed by atoms with van der Waals surface area (Å²) in [6, 6.07) is 10.3. The zero-order chi connectivity index (χ0) is 17.8. The van der Waals surface area contributed by atoms with Crippen molar-refractivity contribution in [2.75, 3.05) is 74.6 Å². The number of anilines is 4. The Labute approximate surface area is 154 Å². The Hall–Kier alpha value is -2.38. The van der Waals surface area contributed by atoms with E-state index in [-0.39, 0.29) is 0 Å². The molecule has 2 fully saturated rings. The first-order valence-electron chi connectivity index (χ1n) is 9.25. The van der Waals surface area contributed by atoms with E-state index < -0.39 is 0 Å². The predicted octanol–water partition coefficient (Wildman–Crippen LogP) is 1.81. The Morgan fingerprint density at radius 2 is 1.69 bits per heavy atom. The van der Waals surface area contributed by atoms with E-state index in [1.165, 1.54) is 5.69 Å². The van der Waals surface area contributed by atoms with Crippen molar-refractivity contribution in [1.82, 2.24) is 14.9 Å². The smallest absolute Gasteiger partial charge is 0.229 e. The van der Waals surface area contributed by atoms with Gasteiger partial charge in [-0.2, -0.15) is 4.98 Å². The van der Waals surface area contributed by atoms with Crippen LogP contribution < -0.4 is 15.1 Å². The molecular formula is C19H26N6O. The molecule has 2 saturated heterocycles. The van der Waals surface area contributed by atoms with Crippen molar-refractivity contribution >= 4 is 23.1 Å². The highest BCUT2D eigenvalue weighted by Gasteiger charge is 2.17. The van der Waals surface area contributed by atoms with Gasteiger partial charge in [-0.25, -0.2) is 4.98 Å². The number of benzene rings is 1. The van der Waals surface area contributed by atoms with E-state index in [0.717, 1.165) is 64.0 Å². The third kappa shape index (κ3) is 3.89. The number of hydrogen-bond acceptors (Lipinski definition) is 7. The van der Waals surface area contributed by atoms with Gasteiger partial charge in [0.2, 0.25) is 5.95 Å². The fourth-order valence-corrected chi connectivity index (χ4v) is 3.40. The second-order valence-electron chi connectivity index (χ2n) is 6.77. The van der Waals surface area contributed by atoms with Gasteiger partial charge in [-0.3, -0.25) is 0 Å². The molecule has 1 aromatic carbocycles. The number of ether oxygens (including phenoxy) is 1. The quantitative estimate of drug-likeness (QED) is 0.898. The number of likely N-dealkylation sites (N-methyl/N-ethyl adjacent to an activating group) is 1. The lowest BCUT2D eigenvalue weighted by Gasteiger charge is -2.33. The number of piperazine rings is 1. The fourth-order valence-electron chi connectivity index (χ4n) is 3.40. The summed E-state index contributed by atoms with van der Waals surface area (Å²) in [6.45, 7) is 7.46. The van der Waals surface area contributed by atoms with Gasteiger partial charge in [0.15, 0.2) is 0 Å². The van der Waals surface area contributed by atoms with Crippen molar-refractivity contribution in [2.24, 2.45) is 0 Å². The fraction of sp³-hybridized carbons (Fsp3) is 0.474. The van der Waals surface area contributed by atoms with Gasteiger partial charge < -0.3 is 24.8 Å². The van der Waals surface area contributed by atoms with E-state index in [1.807, 2.05) is 18.3 Å². The maximum Gasteiger partial charge on any atom is 0.229 e. The first-order valence-corrected chi connectivity index (χ1v) is 9.25. The summed E-state index contributed by atoms with van der Waals surface area (Å²) in [6.07, 6.45) is 1.83. The van der Waals surface area contributed by atoms with Crippen LogP contribution in [0.1, 0.15) is 0 Å². The van der Waals surface area contributed by atoms with E-state index in [9.17, 15) is 0 Å². The Morgan fingerprint density at radius 3 is 2.50 bits per heavy atom. The maximum atomic E-state index is 5.47. The van der Waals surface area contributed by atoms with Crippen molar-refractivity contribution in [3.05, 3.63) is 36.5 Å². The number of hydrogen-bond donors (Lipinski definition) is 1. The first kappa shape index (κ1) is 17.1. The van der Waals surface area contributed by atoms with Gasteiger partial charge in [0.1, 0.15) is 5.82 Å². The van der Waals surface area contributed by atoms with E-state index in [2.05, 4.69) is 50.2 Å². The Balaban J connectivity index is 1.52. The number of rotatable bonds is 4. The zero-order valence-electron chi connectivity index (χ0n) is 15.3. The van der Waals surface area contributed by atoms with E-state index >= 15 is 0 Å². The van der Waals surface area contributed by atoms with Crippen LogP contribution in [0.3, 0.4) is 0 Å². The molecule has 2 aliphatic rings. The number of nitrogens with zero attached hydrogens (tertiary/aromatic N) is 5. The molecule has 4 rings (SSSR count). The van der Waals surface area contributed by atoms with Crippen molar-refractivity contribution in [2.45, 2.75) is 0 Å². The molecule has 0 aliphatic carbocycles. The minimum Gasteiger partial charge on any atom is -0.378 e. The molecule has 7 heteroatoms. The van der Waals surface area contributed by atoms with Gasteiger partial charge in [-0.15, -0.1) is 0 Å². The van der Waals surface area contributed by atoms with Crippen LogP contribution in [0, 0.1) is 0 Å². The van der Waals surface area contributed by atoms with E-state index in [0.29, 0.717) is 5.95 Å². The van der Waals surface area contributed by atoms with Crippen molar-refractivity contribution in [3.63, 3.8) is 0 Å². The molecule has 0 bridgehead atoms. The van der Waals surface area contributed by atoms with Crippen LogP contribution in [0.5, 0.6) is 0 Å². The average molecular weight is 354 g/mol. The third-order valence-electron chi connectivity index (χ3n) is 4.97. The summed E-state index contributed by atoms with van der Waals surface area (Å²) in [4.78, 5) is 16.2. The molecule has 0 unspecified atom stereocenters. The standard InChI is InChI=1S/C19H26N6O/c1-23-8-10-25(11-9-23)18-6-7-20-19(22-18)21-16-4-2-3-5-17(16)24-12-14-26-15-13-24/h2-7H,8-15H2,1H3,(H,20,21,22). The topological polar surface area (TPSA) is 56.8 Å². The molecular weight excluding hydrogens is 328 g/mol. The summed E-state index contributed by atoms with van der Waals surface area (Å²) in [5.41, 5.74) is 2.20. The number of aromatic nitrogens is 2. The Morgan fingerprint density at radius 1 is 0.923 bits per heavy atom. The van der Waals surface area contributed by atoms with Crippen LogP contribution in [0.15, 0.2) is 36.5 Å². The molecule has 0 saturated carbocycles. The number of nitrogens with one attached hydrogen (secondary N) is 1. The normalized spacial score (nSPS) is 18.8. The monoisotopic (exact) mass is 354 g/mol. The minimum atomic E-state index is 0.641. The third-order valence-corrected chi connectivity index (χ3v) is 4.97. The SMILES string of the molecule is CN1CCN(c2ccnc(Nc3ccccc3N3CCOCC3)n2)CC1. The molecule has 7 nitrogen and oxygen atoms in total. The Kier molecular flexibility index (Phi) is 5.17. The number of morpholine rings is 1. The van der Waals surface area contributed by atoms with Gasteiger partial charge in [-0.1, -0.05) is 12.1 Å². The highest BCUT2D eigenvalue weighted by Crippen LogP contribution is 2.28. The van der Waals surface area contributed by atoms with Gasteiger partial charge >= 0.3 is 0 Å². The molecule has 0 amide bonds. The summed E-state index contributed by atoms with van der Waals surface area (Å²) < 4.78 is 5.47. The van der Waals surface area contributed by atoms with E-state index in [4.69, 9.17) is 9.72 Å². The summed E-state index contributed by atoms with van der Waals surface area (Å²) in [5, 5.41) is 3.42. The van der Waals surface area contributed by atoms with E-state index in [1.54, 1.807) is 0 Å².